The molecule has 1 fully saturated rings. The maximum atomic E-state index is 3.75. The summed E-state index contributed by atoms with van der Waals surface area (Å²) in [6, 6.07) is 18.7. The van der Waals surface area contributed by atoms with E-state index in [2.05, 4.69) is 60.8 Å². The van der Waals surface area contributed by atoms with Crippen LogP contribution >= 0.6 is 0 Å². The molecule has 0 aromatic heterocycles. The number of hydrogen-bond acceptors (Lipinski definition) is 1. The van der Waals surface area contributed by atoms with Crippen LogP contribution < -0.4 is 5.32 Å². The second-order valence-electron chi connectivity index (χ2n) is 6.26. The zero-order valence-corrected chi connectivity index (χ0v) is 12.0. The number of aryl methyl sites for hydroxylation is 1. The fourth-order valence-corrected chi connectivity index (χ4v) is 4.12. The molecule has 0 spiro atoms. The van der Waals surface area contributed by atoms with Gasteiger partial charge in [0.2, 0.25) is 0 Å². The second-order valence-corrected chi connectivity index (χ2v) is 6.26. The summed E-state index contributed by atoms with van der Waals surface area (Å²) in [6.07, 6.45) is 2.64. The maximum absolute atomic E-state index is 3.75. The first-order valence-electron chi connectivity index (χ1n) is 7.73. The normalized spacial score (nSPS) is 27.9. The molecule has 3 atom stereocenters. The van der Waals surface area contributed by atoms with Gasteiger partial charge in [0.25, 0.3) is 0 Å². The number of hydrogen-bond donors (Lipinski definition) is 1. The Labute approximate surface area is 121 Å². The molecule has 102 valence electrons. The average Bonchev–Trinajstić information content (AvgIpc) is 2.83. The summed E-state index contributed by atoms with van der Waals surface area (Å²) in [6.45, 7) is 3.33. The topological polar surface area (TPSA) is 12.0 Å². The van der Waals surface area contributed by atoms with E-state index in [4.69, 9.17) is 0 Å². The first kappa shape index (κ1) is 12.2. The van der Waals surface area contributed by atoms with Gasteiger partial charge in [-0.05, 0) is 48.9 Å². The van der Waals surface area contributed by atoms with Gasteiger partial charge < -0.3 is 5.32 Å². The Morgan fingerprint density at radius 2 is 1.70 bits per heavy atom. The Bertz CT molecular complexity index is 614. The van der Waals surface area contributed by atoms with Gasteiger partial charge in [0.1, 0.15) is 0 Å². The number of nitrogens with one attached hydrogen (secondary N) is 1. The fraction of sp³-hybridized carbons (Fsp3) is 0.368. The van der Waals surface area contributed by atoms with E-state index in [0.29, 0.717) is 12.0 Å². The van der Waals surface area contributed by atoms with E-state index >= 15 is 0 Å². The molecule has 1 saturated heterocycles. The Kier molecular flexibility index (Phi) is 2.89. The monoisotopic (exact) mass is 263 g/mol. The molecule has 1 heteroatoms. The molecular formula is C19H21N. The fourth-order valence-electron chi connectivity index (χ4n) is 4.12. The summed E-state index contributed by atoms with van der Waals surface area (Å²) < 4.78 is 0. The van der Waals surface area contributed by atoms with Gasteiger partial charge in [-0.15, -0.1) is 0 Å². The van der Waals surface area contributed by atoms with Crippen molar-refractivity contribution in [2.75, 3.05) is 6.54 Å². The Hall–Kier alpha value is -1.60. The third-order valence-electron chi connectivity index (χ3n) is 5.04. The molecule has 0 unspecified atom stereocenters. The van der Waals surface area contributed by atoms with E-state index in [9.17, 15) is 0 Å². The van der Waals surface area contributed by atoms with Crippen LogP contribution in [0.15, 0.2) is 48.5 Å². The molecule has 2 aromatic carbocycles. The number of fused-ring (bicyclic) bond motifs is 3. The molecule has 1 nitrogen and oxygen atoms in total. The highest BCUT2D eigenvalue weighted by atomic mass is 14.9. The lowest BCUT2D eigenvalue weighted by atomic mass is 9.80. The van der Waals surface area contributed by atoms with Crippen molar-refractivity contribution in [1.82, 2.24) is 5.32 Å². The summed E-state index contributed by atoms with van der Waals surface area (Å²) in [5.74, 6) is 1.30. The second kappa shape index (κ2) is 4.75. The third kappa shape index (κ3) is 1.81. The van der Waals surface area contributed by atoms with Gasteiger partial charge in [0, 0.05) is 12.0 Å². The van der Waals surface area contributed by atoms with Crippen molar-refractivity contribution in [3.8, 4) is 0 Å². The van der Waals surface area contributed by atoms with Crippen LogP contribution in [0.4, 0.5) is 0 Å². The van der Waals surface area contributed by atoms with Crippen molar-refractivity contribution in [2.24, 2.45) is 5.92 Å². The highest BCUT2D eigenvalue weighted by Gasteiger charge is 2.41. The quantitative estimate of drug-likeness (QED) is 0.814. The SMILES string of the molecule is Cc1ccc([C@H]2c3ccccc3[C@H]3NCCC[C@@H]23)cc1. The molecule has 4 rings (SSSR count). The zero-order valence-electron chi connectivity index (χ0n) is 12.0. The predicted octanol–water partition coefficient (Wildman–Crippen LogP) is 4.18. The van der Waals surface area contributed by atoms with Gasteiger partial charge in [-0.3, -0.25) is 0 Å². The number of rotatable bonds is 1. The van der Waals surface area contributed by atoms with Crippen molar-refractivity contribution < 1.29 is 0 Å². The van der Waals surface area contributed by atoms with Crippen molar-refractivity contribution >= 4 is 0 Å². The number of piperidine rings is 1. The van der Waals surface area contributed by atoms with Gasteiger partial charge in [-0.25, -0.2) is 0 Å². The van der Waals surface area contributed by atoms with Gasteiger partial charge in [-0.1, -0.05) is 54.1 Å². The van der Waals surface area contributed by atoms with Crippen LogP contribution in [0.5, 0.6) is 0 Å². The van der Waals surface area contributed by atoms with E-state index in [1.807, 2.05) is 0 Å². The van der Waals surface area contributed by atoms with E-state index in [0.717, 1.165) is 12.5 Å². The summed E-state index contributed by atoms with van der Waals surface area (Å²) >= 11 is 0. The minimum atomic E-state index is 0.561. The summed E-state index contributed by atoms with van der Waals surface area (Å²) in [5.41, 5.74) is 5.90. The van der Waals surface area contributed by atoms with Crippen molar-refractivity contribution in [1.29, 1.82) is 0 Å². The van der Waals surface area contributed by atoms with Crippen LogP contribution in [0.25, 0.3) is 0 Å². The molecule has 2 aromatic rings. The first-order valence-corrected chi connectivity index (χ1v) is 7.73. The summed E-state index contributed by atoms with van der Waals surface area (Å²) in [5, 5.41) is 3.75. The van der Waals surface area contributed by atoms with E-state index in [1.165, 1.54) is 29.5 Å². The van der Waals surface area contributed by atoms with Gasteiger partial charge >= 0.3 is 0 Å². The van der Waals surface area contributed by atoms with Gasteiger partial charge in [-0.2, -0.15) is 0 Å². The van der Waals surface area contributed by atoms with Gasteiger partial charge in [0.15, 0.2) is 0 Å². The van der Waals surface area contributed by atoms with Crippen LogP contribution in [0.3, 0.4) is 0 Å². The first-order chi connectivity index (χ1) is 9.84. The van der Waals surface area contributed by atoms with Crippen LogP contribution in [0.2, 0.25) is 0 Å². The smallest absolute Gasteiger partial charge is 0.0360 e. The molecule has 1 heterocycles. The highest BCUT2D eigenvalue weighted by Crippen LogP contribution is 2.51. The van der Waals surface area contributed by atoms with Crippen molar-refractivity contribution in [3.63, 3.8) is 0 Å². The maximum Gasteiger partial charge on any atom is 0.0360 e. The lowest BCUT2D eigenvalue weighted by Crippen LogP contribution is -2.32. The van der Waals surface area contributed by atoms with E-state index in [1.54, 1.807) is 5.56 Å². The standard InChI is InChI=1S/C19H21N/c1-13-8-10-14(11-9-13)18-15-5-2-3-6-16(15)19-17(18)7-4-12-20-19/h2-3,5-6,8-11,17-20H,4,7,12H2,1H3/t17-,18-,19+/m0/s1. The molecule has 1 aliphatic heterocycles. The summed E-state index contributed by atoms with van der Waals surface area (Å²) in [7, 11) is 0. The molecule has 0 amide bonds. The minimum Gasteiger partial charge on any atom is -0.310 e. The lowest BCUT2D eigenvalue weighted by molar-refractivity contribution is 0.287. The van der Waals surface area contributed by atoms with E-state index in [-0.39, 0.29) is 0 Å². The lowest BCUT2D eigenvalue weighted by Gasteiger charge is -2.31. The van der Waals surface area contributed by atoms with Crippen LogP contribution in [-0.4, -0.2) is 6.54 Å². The average molecular weight is 263 g/mol. The molecule has 20 heavy (non-hydrogen) atoms. The molecule has 0 saturated carbocycles. The summed E-state index contributed by atoms with van der Waals surface area (Å²) in [4.78, 5) is 0. The van der Waals surface area contributed by atoms with Gasteiger partial charge in [0.05, 0.1) is 0 Å². The molecule has 0 radical (unpaired) electrons. The minimum absolute atomic E-state index is 0.561. The molecule has 2 aliphatic rings. The number of benzene rings is 2. The molecule has 1 N–H and O–H groups in total. The zero-order chi connectivity index (χ0) is 13.5. The molecular weight excluding hydrogens is 242 g/mol. The Morgan fingerprint density at radius 1 is 0.950 bits per heavy atom. The molecule has 1 aliphatic carbocycles. The highest BCUT2D eigenvalue weighted by molar-refractivity contribution is 5.46. The van der Waals surface area contributed by atoms with Crippen molar-refractivity contribution in [3.05, 3.63) is 70.8 Å². The van der Waals surface area contributed by atoms with Crippen LogP contribution in [0, 0.1) is 12.8 Å². The van der Waals surface area contributed by atoms with Crippen LogP contribution in [-0.2, 0) is 0 Å². The van der Waals surface area contributed by atoms with Crippen LogP contribution in [0.1, 0.15) is 47.1 Å². The largest absolute Gasteiger partial charge is 0.310 e. The Balaban J connectivity index is 1.83. The molecule has 0 bridgehead atoms. The predicted molar refractivity (Wildman–Crippen MR) is 82.9 cm³/mol. The van der Waals surface area contributed by atoms with Crippen molar-refractivity contribution in [2.45, 2.75) is 31.7 Å². The third-order valence-corrected chi connectivity index (χ3v) is 5.04. The van der Waals surface area contributed by atoms with E-state index < -0.39 is 0 Å². The Morgan fingerprint density at radius 3 is 2.50 bits per heavy atom.